The van der Waals surface area contributed by atoms with E-state index in [4.69, 9.17) is 10.5 Å². The lowest BCUT2D eigenvalue weighted by Crippen LogP contribution is -2.20. The molecular formula is C13H18N4O. The van der Waals surface area contributed by atoms with Gasteiger partial charge in [0, 0.05) is 11.9 Å². The molecule has 2 rings (SSSR count). The van der Waals surface area contributed by atoms with E-state index in [1.54, 1.807) is 12.3 Å². The molecule has 96 valence electrons. The molecule has 0 fully saturated rings. The molecule has 0 saturated carbocycles. The summed E-state index contributed by atoms with van der Waals surface area (Å²) in [5, 5.41) is 11.2. The third-order valence-corrected chi connectivity index (χ3v) is 2.69. The molecule has 1 aromatic heterocycles. The third kappa shape index (κ3) is 2.81. The van der Waals surface area contributed by atoms with Gasteiger partial charge in [-0.25, -0.2) is 0 Å². The predicted octanol–water partition coefficient (Wildman–Crippen LogP) is 2.15. The van der Waals surface area contributed by atoms with Crippen molar-refractivity contribution >= 4 is 22.3 Å². The zero-order valence-electron chi connectivity index (χ0n) is 10.4. The molecule has 0 bridgehead atoms. The number of hydrogen-bond acceptors (Lipinski definition) is 4. The van der Waals surface area contributed by atoms with Crippen molar-refractivity contribution in [3.8, 4) is 0 Å². The Morgan fingerprint density at radius 1 is 1.61 bits per heavy atom. The molecule has 4 N–H and O–H groups in total. The maximum absolute atomic E-state index is 5.97. The van der Waals surface area contributed by atoms with Gasteiger partial charge in [-0.05, 0) is 19.1 Å². The first-order chi connectivity index (χ1) is 8.70. The second kappa shape index (κ2) is 5.55. The zero-order chi connectivity index (χ0) is 13.0. The van der Waals surface area contributed by atoms with Crippen molar-refractivity contribution in [2.24, 2.45) is 0 Å². The van der Waals surface area contributed by atoms with Crippen molar-refractivity contribution in [2.75, 3.05) is 24.2 Å². The summed E-state index contributed by atoms with van der Waals surface area (Å²) in [6.07, 6.45) is 3.59. The van der Waals surface area contributed by atoms with Crippen molar-refractivity contribution < 1.29 is 4.74 Å². The summed E-state index contributed by atoms with van der Waals surface area (Å²) in [6, 6.07) is 3.86. The molecule has 1 heterocycles. The topological polar surface area (TPSA) is 76.0 Å². The third-order valence-electron chi connectivity index (χ3n) is 2.69. The molecule has 0 aliphatic rings. The Hall–Kier alpha value is -2.01. The second-order valence-electron chi connectivity index (χ2n) is 4.21. The van der Waals surface area contributed by atoms with Crippen LogP contribution in [0.2, 0.25) is 0 Å². The van der Waals surface area contributed by atoms with Crippen LogP contribution in [0, 0.1) is 0 Å². The van der Waals surface area contributed by atoms with Gasteiger partial charge in [0.2, 0.25) is 0 Å². The summed E-state index contributed by atoms with van der Waals surface area (Å²) >= 11 is 0. The summed E-state index contributed by atoms with van der Waals surface area (Å²) < 4.78 is 5.48. The van der Waals surface area contributed by atoms with E-state index in [0.29, 0.717) is 18.8 Å². The van der Waals surface area contributed by atoms with E-state index < -0.39 is 0 Å². The zero-order valence-corrected chi connectivity index (χ0v) is 10.4. The van der Waals surface area contributed by atoms with Gasteiger partial charge in [-0.1, -0.05) is 6.08 Å². The number of nitrogens with zero attached hydrogens (tertiary/aromatic N) is 1. The molecule has 5 nitrogen and oxygen atoms in total. The number of nitrogens with one attached hydrogen (secondary N) is 2. The lowest BCUT2D eigenvalue weighted by Gasteiger charge is -2.15. The molecule has 0 amide bonds. The number of hydrogen-bond donors (Lipinski definition) is 3. The van der Waals surface area contributed by atoms with Crippen LogP contribution in [0.3, 0.4) is 0 Å². The van der Waals surface area contributed by atoms with Crippen LogP contribution < -0.4 is 11.1 Å². The fourth-order valence-electron chi connectivity index (χ4n) is 1.71. The summed E-state index contributed by atoms with van der Waals surface area (Å²) in [5.41, 5.74) is 8.53. The first kappa shape index (κ1) is 12.4. The summed E-state index contributed by atoms with van der Waals surface area (Å²) in [5.74, 6) is 0. The van der Waals surface area contributed by atoms with Gasteiger partial charge in [-0.2, -0.15) is 5.10 Å². The minimum Gasteiger partial charge on any atom is -0.397 e. The van der Waals surface area contributed by atoms with Crippen LogP contribution in [-0.2, 0) is 4.74 Å². The molecular weight excluding hydrogens is 228 g/mol. The van der Waals surface area contributed by atoms with Gasteiger partial charge < -0.3 is 15.8 Å². The number of aromatic nitrogens is 2. The summed E-state index contributed by atoms with van der Waals surface area (Å²) in [4.78, 5) is 0. The van der Waals surface area contributed by atoms with Gasteiger partial charge >= 0.3 is 0 Å². The fourth-order valence-corrected chi connectivity index (χ4v) is 1.71. The Kier molecular flexibility index (Phi) is 3.84. The highest BCUT2D eigenvalue weighted by Gasteiger charge is 2.06. The molecule has 18 heavy (non-hydrogen) atoms. The molecule has 5 heteroatoms. The van der Waals surface area contributed by atoms with Crippen LogP contribution in [0.1, 0.15) is 6.92 Å². The number of rotatable bonds is 6. The normalized spacial score (nSPS) is 12.5. The smallest absolute Gasteiger partial charge is 0.0723 e. The van der Waals surface area contributed by atoms with Crippen molar-refractivity contribution in [2.45, 2.75) is 13.0 Å². The SMILES string of the molecule is C=CCOC(C)CNc1cc2[nH]ncc2cc1N. The van der Waals surface area contributed by atoms with Gasteiger partial charge in [0.25, 0.3) is 0 Å². The summed E-state index contributed by atoms with van der Waals surface area (Å²) in [7, 11) is 0. The highest BCUT2D eigenvalue weighted by Crippen LogP contribution is 2.24. The molecule has 0 saturated heterocycles. The minimum atomic E-state index is 0.0971. The van der Waals surface area contributed by atoms with Crippen molar-refractivity contribution in [1.82, 2.24) is 10.2 Å². The number of nitrogens with two attached hydrogens (primary N) is 1. The number of aromatic amines is 1. The molecule has 1 atom stereocenters. The van der Waals surface area contributed by atoms with E-state index in [0.717, 1.165) is 16.6 Å². The maximum Gasteiger partial charge on any atom is 0.0723 e. The van der Waals surface area contributed by atoms with Crippen molar-refractivity contribution in [1.29, 1.82) is 0 Å². The minimum absolute atomic E-state index is 0.0971. The van der Waals surface area contributed by atoms with Crippen LogP contribution >= 0.6 is 0 Å². The molecule has 1 unspecified atom stereocenters. The quantitative estimate of drug-likeness (QED) is 0.539. The van der Waals surface area contributed by atoms with E-state index in [9.17, 15) is 0 Å². The largest absolute Gasteiger partial charge is 0.397 e. The Bertz CT molecular complexity index is 535. The molecule has 0 aliphatic carbocycles. The Labute approximate surface area is 106 Å². The van der Waals surface area contributed by atoms with E-state index in [-0.39, 0.29) is 6.10 Å². The van der Waals surface area contributed by atoms with E-state index >= 15 is 0 Å². The number of nitrogen functional groups attached to an aromatic ring is 1. The van der Waals surface area contributed by atoms with Gasteiger partial charge in [0.1, 0.15) is 0 Å². The Morgan fingerprint density at radius 2 is 2.44 bits per heavy atom. The number of anilines is 2. The van der Waals surface area contributed by atoms with E-state index in [2.05, 4.69) is 22.1 Å². The number of ether oxygens (including phenoxy) is 1. The second-order valence-corrected chi connectivity index (χ2v) is 4.21. The monoisotopic (exact) mass is 246 g/mol. The number of H-pyrrole nitrogens is 1. The highest BCUT2D eigenvalue weighted by atomic mass is 16.5. The van der Waals surface area contributed by atoms with E-state index in [1.807, 2.05) is 19.1 Å². The highest BCUT2D eigenvalue weighted by molar-refractivity contribution is 5.88. The molecule has 0 radical (unpaired) electrons. The number of benzene rings is 1. The van der Waals surface area contributed by atoms with Crippen molar-refractivity contribution in [3.05, 3.63) is 31.0 Å². The van der Waals surface area contributed by atoms with Crippen LogP contribution in [0.15, 0.2) is 31.0 Å². The van der Waals surface area contributed by atoms with Gasteiger partial charge in [-0.3, -0.25) is 5.10 Å². The van der Waals surface area contributed by atoms with Crippen molar-refractivity contribution in [3.63, 3.8) is 0 Å². The van der Waals surface area contributed by atoms with Gasteiger partial charge in [0.15, 0.2) is 0 Å². The Balaban J connectivity index is 2.02. The molecule has 0 aliphatic heterocycles. The standard InChI is InChI=1S/C13H18N4O/c1-3-4-18-9(2)7-15-13-6-12-10(5-11(13)14)8-16-17-12/h3,5-6,8-9,15H,1,4,7,14H2,2H3,(H,16,17). The van der Waals surface area contributed by atoms with Crippen LogP contribution in [0.5, 0.6) is 0 Å². The predicted molar refractivity (Wildman–Crippen MR) is 74.6 cm³/mol. The molecule has 1 aromatic carbocycles. The lowest BCUT2D eigenvalue weighted by atomic mass is 10.2. The average molecular weight is 246 g/mol. The first-order valence-corrected chi connectivity index (χ1v) is 5.89. The first-order valence-electron chi connectivity index (χ1n) is 5.89. The summed E-state index contributed by atoms with van der Waals surface area (Å²) in [6.45, 7) is 6.86. The average Bonchev–Trinajstić information content (AvgIpc) is 2.80. The lowest BCUT2D eigenvalue weighted by molar-refractivity contribution is 0.0980. The van der Waals surface area contributed by atoms with Gasteiger partial charge in [-0.15, -0.1) is 6.58 Å². The van der Waals surface area contributed by atoms with Crippen LogP contribution in [0.25, 0.3) is 10.9 Å². The van der Waals surface area contributed by atoms with Gasteiger partial charge in [0.05, 0.1) is 35.8 Å². The van der Waals surface area contributed by atoms with E-state index in [1.165, 1.54) is 0 Å². The fraction of sp³-hybridized carbons (Fsp3) is 0.308. The van der Waals surface area contributed by atoms with Crippen LogP contribution in [0.4, 0.5) is 11.4 Å². The molecule has 2 aromatic rings. The molecule has 0 spiro atoms. The number of fused-ring (bicyclic) bond motifs is 1. The maximum atomic E-state index is 5.97. The Morgan fingerprint density at radius 3 is 3.22 bits per heavy atom. The van der Waals surface area contributed by atoms with Crippen LogP contribution in [-0.4, -0.2) is 29.5 Å².